The summed E-state index contributed by atoms with van der Waals surface area (Å²) in [5.74, 6) is 0.709. The molecule has 1 fully saturated rings. The Morgan fingerprint density at radius 3 is 2.38 bits per heavy atom. The first kappa shape index (κ1) is 13.3. The molecule has 1 heterocycles. The van der Waals surface area contributed by atoms with Gasteiger partial charge in [-0.2, -0.15) is 0 Å². The molecule has 0 saturated carbocycles. The quantitative estimate of drug-likeness (QED) is 0.787. The Balaban J connectivity index is 2.23. The van der Waals surface area contributed by atoms with Crippen molar-refractivity contribution in [2.75, 3.05) is 39.3 Å². The maximum atomic E-state index is 11.7. The van der Waals surface area contributed by atoms with E-state index in [4.69, 9.17) is 0 Å². The van der Waals surface area contributed by atoms with E-state index in [1.54, 1.807) is 0 Å². The Labute approximate surface area is 99.0 Å². The van der Waals surface area contributed by atoms with E-state index in [2.05, 4.69) is 31.0 Å². The molecule has 0 aliphatic carbocycles. The molecular formula is C12H25N3O. The van der Waals surface area contributed by atoms with Crippen molar-refractivity contribution < 1.29 is 4.79 Å². The summed E-state index contributed by atoms with van der Waals surface area (Å²) in [5.41, 5.74) is 0. The summed E-state index contributed by atoms with van der Waals surface area (Å²) in [6.45, 7) is 12.2. The minimum absolute atomic E-state index is 0.103. The Bertz CT molecular complexity index is 210. The zero-order valence-corrected chi connectivity index (χ0v) is 10.8. The van der Waals surface area contributed by atoms with E-state index in [-0.39, 0.29) is 6.03 Å². The van der Waals surface area contributed by atoms with Gasteiger partial charge < -0.3 is 10.2 Å². The van der Waals surface area contributed by atoms with E-state index in [0.717, 1.165) is 45.7 Å². The Hall–Kier alpha value is -0.770. The Morgan fingerprint density at radius 1 is 1.25 bits per heavy atom. The average molecular weight is 227 g/mol. The number of piperazine rings is 1. The largest absolute Gasteiger partial charge is 0.338 e. The molecule has 1 rings (SSSR count). The first-order valence-corrected chi connectivity index (χ1v) is 6.38. The molecule has 1 N–H and O–H groups in total. The third-order valence-electron chi connectivity index (χ3n) is 2.81. The summed E-state index contributed by atoms with van der Waals surface area (Å²) in [6, 6.07) is 0.103. The van der Waals surface area contributed by atoms with Gasteiger partial charge in [-0.3, -0.25) is 4.90 Å². The van der Waals surface area contributed by atoms with Crippen molar-refractivity contribution in [2.45, 2.75) is 27.2 Å². The average Bonchev–Trinajstić information content (AvgIpc) is 2.26. The predicted molar refractivity (Wildman–Crippen MR) is 66.5 cm³/mol. The fourth-order valence-electron chi connectivity index (χ4n) is 1.99. The van der Waals surface area contributed by atoms with Crippen molar-refractivity contribution in [1.82, 2.24) is 15.1 Å². The molecule has 16 heavy (non-hydrogen) atoms. The molecule has 4 nitrogen and oxygen atoms in total. The van der Waals surface area contributed by atoms with Crippen molar-refractivity contribution in [3.05, 3.63) is 0 Å². The molecule has 0 atom stereocenters. The molecule has 1 aliphatic heterocycles. The van der Waals surface area contributed by atoms with Crippen LogP contribution in [0.25, 0.3) is 0 Å². The third kappa shape index (κ3) is 4.39. The van der Waals surface area contributed by atoms with Crippen LogP contribution in [0.4, 0.5) is 4.79 Å². The minimum Gasteiger partial charge on any atom is -0.338 e. The van der Waals surface area contributed by atoms with E-state index in [9.17, 15) is 4.79 Å². The van der Waals surface area contributed by atoms with Crippen molar-refractivity contribution in [3.63, 3.8) is 0 Å². The number of hydrogen-bond donors (Lipinski definition) is 1. The maximum Gasteiger partial charge on any atom is 0.317 e. The lowest BCUT2D eigenvalue weighted by molar-refractivity contribution is 0.131. The predicted octanol–water partition coefficient (Wildman–Crippen LogP) is 1.38. The molecule has 1 aliphatic rings. The van der Waals surface area contributed by atoms with Gasteiger partial charge in [-0.1, -0.05) is 20.8 Å². The second kappa shape index (κ2) is 6.74. The number of amides is 2. The highest BCUT2D eigenvalue weighted by Gasteiger charge is 2.20. The molecule has 0 aromatic carbocycles. The van der Waals surface area contributed by atoms with Gasteiger partial charge in [-0.05, 0) is 12.3 Å². The fraction of sp³-hybridized carbons (Fsp3) is 0.917. The molecule has 4 heteroatoms. The maximum absolute atomic E-state index is 11.7. The highest BCUT2D eigenvalue weighted by atomic mass is 16.2. The van der Waals surface area contributed by atoms with Crippen LogP contribution in [-0.2, 0) is 0 Å². The molecule has 0 bridgehead atoms. The van der Waals surface area contributed by atoms with Crippen LogP contribution in [-0.4, -0.2) is 55.1 Å². The van der Waals surface area contributed by atoms with E-state index in [1.165, 1.54) is 0 Å². The Kier molecular flexibility index (Phi) is 5.60. The van der Waals surface area contributed by atoms with Gasteiger partial charge in [0.15, 0.2) is 0 Å². The minimum atomic E-state index is 0.103. The standard InChI is InChI=1S/C12H25N3O/c1-4-5-13-12(16)15-8-6-14(7-9-15)10-11(2)3/h11H,4-10H2,1-3H3,(H,13,16). The summed E-state index contributed by atoms with van der Waals surface area (Å²) in [5, 5.41) is 2.93. The fourth-order valence-corrected chi connectivity index (χ4v) is 1.99. The lowest BCUT2D eigenvalue weighted by atomic mass is 10.2. The van der Waals surface area contributed by atoms with E-state index in [1.807, 2.05) is 4.90 Å². The zero-order chi connectivity index (χ0) is 12.0. The number of carbonyl (C=O) groups is 1. The highest BCUT2D eigenvalue weighted by Crippen LogP contribution is 2.05. The molecule has 0 aromatic rings. The van der Waals surface area contributed by atoms with Gasteiger partial charge in [-0.15, -0.1) is 0 Å². The van der Waals surface area contributed by atoms with Crippen LogP contribution in [0, 0.1) is 5.92 Å². The highest BCUT2D eigenvalue weighted by molar-refractivity contribution is 5.74. The summed E-state index contributed by atoms with van der Waals surface area (Å²) >= 11 is 0. The Morgan fingerprint density at radius 2 is 1.88 bits per heavy atom. The monoisotopic (exact) mass is 227 g/mol. The van der Waals surface area contributed by atoms with Gasteiger partial charge >= 0.3 is 6.03 Å². The summed E-state index contributed by atoms with van der Waals surface area (Å²) in [7, 11) is 0. The van der Waals surface area contributed by atoms with Gasteiger partial charge in [0.1, 0.15) is 0 Å². The normalized spacial score (nSPS) is 17.9. The molecule has 0 radical (unpaired) electrons. The molecular weight excluding hydrogens is 202 g/mol. The van der Waals surface area contributed by atoms with E-state index >= 15 is 0 Å². The number of hydrogen-bond acceptors (Lipinski definition) is 2. The summed E-state index contributed by atoms with van der Waals surface area (Å²) in [6.07, 6.45) is 0.999. The van der Waals surface area contributed by atoms with Crippen LogP contribution in [0.5, 0.6) is 0 Å². The third-order valence-corrected chi connectivity index (χ3v) is 2.81. The molecule has 1 saturated heterocycles. The number of carbonyl (C=O) groups excluding carboxylic acids is 1. The second-order valence-corrected chi connectivity index (χ2v) is 4.91. The second-order valence-electron chi connectivity index (χ2n) is 4.91. The van der Waals surface area contributed by atoms with Crippen LogP contribution in [0.2, 0.25) is 0 Å². The smallest absolute Gasteiger partial charge is 0.317 e. The van der Waals surface area contributed by atoms with Crippen LogP contribution in [0.1, 0.15) is 27.2 Å². The lowest BCUT2D eigenvalue weighted by Crippen LogP contribution is -2.52. The summed E-state index contributed by atoms with van der Waals surface area (Å²) < 4.78 is 0. The zero-order valence-electron chi connectivity index (χ0n) is 10.8. The molecule has 0 spiro atoms. The first-order chi connectivity index (χ1) is 7.63. The van der Waals surface area contributed by atoms with Gasteiger partial charge in [0.2, 0.25) is 0 Å². The summed E-state index contributed by atoms with van der Waals surface area (Å²) in [4.78, 5) is 16.0. The van der Waals surface area contributed by atoms with Crippen LogP contribution in [0.15, 0.2) is 0 Å². The van der Waals surface area contributed by atoms with Gasteiger partial charge in [0.25, 0.3) is 0 Å². The van der Waals surface area contributed by atoms with Crippen molar-refractivity contribution >= 4 is 6.03 Å². The molecule has 2 amide bonds. The SMILES string of the molecule is CCCNC(=O)N1CCN(CC(C)C)CC1. The van der Waals surface area contributed by atoms with Crippen LogP contribution >= 0.6 is 0 Å². The van der Waals surface area contributed by atoms with Crippen LogP contribution < -0.4 is 5.32 Å². The lowest BCUT2D eigenvalue weighted by Gasteiger charge is -2.35. The van der Waals surface area contributed by atoms with Gasteiger partial charge in [-0.25, -0.2) is 4.79 Å². The van der Waals surface area contributed by atoms with Crippen molar-refractivity contribution in [2.24, 2.45) is 5.92 Å². The van der Waals surface area contributed by atoms with Gasteiger partial charge in [0, 0.05) is 39.3 Å². The molecule has 0 unspecified atom stereocenters. The topological polar surface area (TPSA) is 35.6 Å². The number of nitrogens with zero attached hydrogens (tertiary/aromatic N) is 2. The van der Waals surface area contributed by atoms with E-state index < -0.39 is 0 Å². The first-order valence-electron chi connectivity index (χ1n) is 6.38. The number of rotatable bonds is 4. The number of urea groups is 1. The van der Waals surface area contributed by atoms with Crippen molar-refractivity contribution in [1.29, 1.82) is 0 Å². The molecule has 0 aromatic heterocycles. The van der Waals surface area contributed by atoms with Crippen LogP contribution in [0.3, 0.4) is 0 Å². The van der Waals surface area contributed by atoms with Gasteiger partial charge in [0.05, 0.1) is 0 Å². The van der Waals surface area contributed by atoms with E-state index in [0.29, 0.717) is 5.92 Å². The number of nitrogens with one attached hydrogen (secondary N) is 1. The van der Waals surface area contributed by atoms with Crippen molar-refractivity contribution in [3.8, 4) is 0 Å². The molecule has 94 valence electrons.